The van der Waals surface area contributed by atoms with Gasteiger partial charge in [0.25, 0.3) is 0 Å². The first-order chi connectivity index (χ1) is 6.59. The van der Waals surface area contributed by atoms with E-state index < -0.39 is 6.03 Å². The number of carbonyl (C=O) groups excluding carboxylic acids is 2. The summed E-state index contributed by atoms with van der Waals surface area (Å²) in [6, 6.07) is -0.429. The molecule has 1 aliphatic heterocycles. The van der Waals surface area contributed by atoms with Crippen molar-refractivity contribution >= 4 is 11.9 Å². The van der Waals surface area contributed by atoms with E-state index in [1.54, 1.807) is 0 Å². The number of likely N-dealkylation sites (N-methyl/N-ethyl adjacent to an activating group) is 1. The quantitative estimate of drug-likeness (QED) is 0.516. The van der Waals surface area contributed by atoms with Crippen molar-refractivity contribution in [3.05, 3.63) is 0 Å². The molecule has 0 aliphatic carbocycles. The molecule has 1 heterocycles. The van der Waals surface area contributed by atoms with Gasteiger partial charge in [0.15, 0.2) is 0 Å². The molecule has 1 saturated heterocycles. The molecule has 4 N–H and O–H groups in total. The van der Waals surface area contributed by atoms with Gasteiger partial charge in [-0.15, -0.1) is 0 Å². The number of hydrogen-bond donors (Lipinski definition) is 3. The van der Waals surface area contributed by atoms with Crippen LogP contribution in [0.2, 0.25) is 0 Å². The van der Waals surface area contributed by atoms with E-state index in [0.717, 1.165) is 19.5 Å². The second kappa shape index (κ2) is 4.92. The lowest BCUT2D eigenvalue weighted by Crippen LogP contribution is -2.44. The summed E-state index contributed by atoms with van der Waals surface area (Å²) < 4.78 is 0. The number of primary amides is 1. The number of imide groups is 1. The van der Waals surface area contributed by atoms with E-state index in [2.05, 4.69) is 5.32 Å². The molecule has 1 aliphatic rings. The number of hydrogen-bond acceptors (Lipinski definition) is 4. The average Bonchev–Trinajstić information content (AvgIpc) is 2.53. The third-order valence-corrected chi connectivity index (χ3v) is 2.31. The molecule has 0 aromatic heterocycles. The van der Waals surface area contributed by atoms with Crippen molar-refractivity contribution in [2.45, 2.75) is 12.5 Å². The van der Waals surface area contributed by atoms with Crippen LogP contribution >= 0.6 is 0 Å². The van der Waals surface area contributed by atoms with Crippen LogP contribution in [0.1, 0.15) is 6.42 Å². The number of nitrogens with zero attached hydrogens (tertiary/aromatic N) is 1. The number of carbonyl (C=O) groups is 2. The fourth-order valence-electron chi connectivity index (χ4n) is 1.55. The SMILES string of the molecule is CN(CC(=O)NC(N)=O)C1CCNC1. The maximum absolute atomic E-state index is 11.1. The first kappa shape index (κ1) is 10.9. The van der Waals surface area contributed by atoms with Crippen molar-refractivity contribution in [1.29, 1.82) is 0 Å². The van der Waals surface area contributed by atoms with E-state index in [9.17, 15) is 9.59 Å². The number of nitrogens with two attached hydrogens (primary N) is 1. The summed E-state index contributed by atoms with van der Waals surface area (Å²) in [5, 5.41) is 5.24. The fraction of sp³-hybridized carbons (Fsp3) is 0.750. The minimum atomic E-state index is -0.798. The van der Waals surface area contributed by atoms with Crippen molar-refractivity contribution in [2.24, 2.45) is 5.73 Å². The molecule has 0 saturated carbocycles. The predicted molar refractivity (Wildman–Crippen MR) is 51.6 cm³/mol. The first-order valence-electron chi connectivity index (χ1n) is 4.60. The van der Waals surface area contributed by atoms with Crippen LogP contribution in [0.15, 0.2) is 0 Å². The predicted octanol–water partition coefficient (Wildman–Crippen LogP) is -1.52. The Hall–Kier alpha value is -1.14. The van der Waals surface area contributed by atoms with E-state index >= 15 is 0 Å². The second-order valence-electron chi connectivity index (χ2n) is 3.47. The Morgan fingerprint density at radius 1 is 1.64 bits per heavy atom. The molecule has 1 fully saturated rings. The van der Waals surface area contributed by atoms with Crippen LogP contribution in [0.4, 0.5) is 4.79 Å². The molecule has 3 amide bonds. The number of urea groups is 1. The zero-order valence-corrected chi connectivity index (χ0v) is 8.25. The molecule has 14 heavy (non-hydrogen) atoms. The Kier molecular flexibility index (Phi) is 3.84. The maximum atomic E-state index is 11.1. The van der Waals surface area contributed by atoms with E-state index in [0.29, 0.717) is 6.04 Å². The van der Waals surface area contributed by atoms with Crippen LogP contribution < -0.4 is 16.4 Å². The van der Waals surface area contributed by atoms with Crippen LogP contribution in [0.5, 0.6) is 0 Å². The summed E-state index contributed by atoms with van der Waals surface area (Å²) in [5.41, 5.74) is 4.82. The fourth-order valence-corrected chi connectivity index (χ4v) is 1.55. The van der Waals surface area contributed by atoms with E-state index in [4.69, 9.17) is 5.73 Å². The third kappa shape index (κ3) is 3.31. The van der Waals surface area contributed by atoms with Crippen molar-refractivity contribution in [3.8, 4) is 0 Å². The van der Waals surface area contributed by atoms with Crippen molar-refractivity contribution < 1.29 is 9.59 Å². The number of rotatable bonds is 3. The molecule has 1 atom stereocenters. The van der Waals surface area contributed by atoms with E-state index in [-0.39, 0.29) is 12.5 Å². The summed E-state index contributed by atoms with van der Waals surface area (Å²) >= 11 is 0. The van der Waals surface area contributed by atoms with Gasteiger partial charge < -0.3 is 11.1 Å². The van der Waals surface area contributed by atoms with E-state index in [1.165, 1.54) is 0 Å². The summed E-state index contributed by atoms with van der Waals surface area (Å²) in [4.78, 5) is 23.4. The van der Waals surface area contributed by atoms with Gasteiger partial charge in [0.1, 0.15) is 0 Å². The van der Waals surface area contributed by atoms with Gasteiger partial charge in [-0.2, -0.15) is 0 Å². The Labute approximate surface area is 82.8 Å². The molecule has 0 aromatic rings. The molecule has 80 valence electrons. The first-order valence-corrected chi connectivity index (χ1v) is 4.60. The Morgan fingerprint density at radius 2 is 2.36 bits per heavy atom. The normalized spacial score (nSPS) is 21.1. The Bertz CT molecular complexity index is 225. The average molecular weight is 200 g/mol. The van der Waals surface area contributed by atoms with Crippen LogP contribution in [0.25, 0.3) is 0 Å². The van der Waals surface area contributed by atoms with Gasteiger partial charge in [0.05, 0.1) is 6.54 Å². The van der Waals surface area contributed by atoms with Crippen molar-refractivity contribution in [3.63, 3.8) is 0 Å². The summed E-state index contributed by atoms with van der Waals surface area (Å²) in [6.07, 6.45) is 1.03. The largest absolute Gasteiger partial charge is 0.351 e. The molecule has 0 radical (unpaired) electrons. The molecule has 0 spiro atoms. The Balaban J connectivity index is 2.28. The van der Waals surface area contributed by atoms with Crippen LogP contribution in [-0.4, -0.2) is 49.6 Å². The summed E-state index contributed by atoms with van der Waals surface area (Å²) in [5.74, 6) is -0.355. The van der Waals surface area contributed by atoms with Crippen molar-refractivity contribution in [2.75, 3.05) is 26.7 Å². The zero-order chi connectivity index (χ0) is 10.6. The highest BCUT2D eigenvalue weighted by Crippen LogP contribution is 2.04. The number of nitrogens with one attached hydrogen (secondary N) is 2. The van der Waals surface area contributed by atoms with Gasteiger partial charge in [-0.05, 0) is 20.0 Å². The maximum Gasteiger partial charge on any atom is 0.318 e. The number of amides is 3. The lowest BCUT2D eigenvalue weighted by atomic mass is 10.2. The molecule has 1 unspecified atom stereocenters. The van der Waals surface area contributed by atoms with Gasteiger partial charge in [0, 0.05) is 12.6 Å². The van der Waals surface area contributed by atoms with Gasteiger partial charge in [0.2, 0.25) is 5.91 Å². The van der Waals surface area contributed by atoms with Gasteiger partial charge in [-0.1, -0.05) is 0 Å². The monoisotopic (exact) mass is 200 g/mol. The third-order valence-electron chi connectivity index (χ3n) is 2.31. The second-order valence-corrected chi connectivity index (χ2v) is 3.47. The molecule has 0 bridgehead atoms. The van der Waals surface area contributed by atoms with Crippen LogP contribution in [0, 0.1) is 0 Å². The molecule has 6 nitrogen and oxygen atoms in total. The van der Waals surface area contributed by atoms with Gasteiger partial charge in [-0.25, -0.2) is 4.79 Å². The highest BCUT2D eigenvalue weighted by atomic mass is 16.2. The van der Waals surface area contributed by atoms with Gasteiger partial charge >= 0.3 is 6.03 Å². The lowest BCUT2D eigenvalue weighted by Gasteiger charge is -2.22. The van der Waals surface area contributed by atoms with Gasteiger partial charge in [-0.3, -0.25) is 15.0 Å². The lowest BCUT2D eigenvalue weighted by molar-refractivity contribution is -0.121. The topological polar surface area (TPSA) is 87.5 Å². The van der Waals surface area contributed by atoms with Crippen LogP contribution in [0.3, 0.4) is 0 Å². The van der Waals surface area contributed by atoms with Crippen LogP contribution in [-0.2, 0) is 4.79 Å². The Morgan fingerprint density at radius 3 is 2.86 bits per heavy atom. The molecular weight excluding hydrogens is 184 g/mol. The molecule has 1 rings (SSSR count). The standard InChI is InChI=1S/C8H16N4O2/c1-12(6-2-3-10-4-6)5-7(13)11-8(9)14/h6,10H,2-5H2,1H3,(H3,9,11,13,14). The molecule has 0 aromatic carbocycles. The summed E-state index contributed by atoms with van der Waals surface area (Å²) in [6.45, 7) is 2.07. The molecule has 6 heteroatoms. The zero-order valence-electron chi connectivity index (χ0n) is 8.25. The minimum Gasteiger partial charge on any atom is -0.351 e. The highest BCUT2D eigenvalue weighted by Gasteiger charge is 2.20. The minimum absolute atomic E-state index is 0.204. The molecular formula is C8H16N4O2. The highest BCUT2D eigenvalue weighted by molar-refractivity contribution is 5.94. The smallest absolute Gasteiger partial charge is 0.318 e. The van der Waals surface area contributed by atoms with E-state index in [1.807, 2.05) is 17.3 Å². The van der Waals surface area contributed by atoms with Crippen molar-refractivity contribution in [1.82, 2.24) is 15.5 Å². The summed E-state index contributed by atoms with van der Waals surface area (Å²) in [7, 11) is 1.86.